The van der Waals surface area contributed by atoms with Gasteiger partial charge < -0.3 is 5.32 Å². The van der Waals surface area contributed by atoms with E-state index < -0.39 is 0 Å². The van der Waals surface area contributed by atoms with E-state index in [1.165, 1.54) is 37.7 Å². The van der Waals surface area contributed by atoms with Gasteiger partial charge in [0.05, 0.1) is 0 Å². The first-order valence-corrected chi connectivity index (χ1v) is 7.63. The highest BCUT2D eigenvalue weighted by atomic mass is 35.5. The Morgan fingerprint density at radius 2 is 2.00 bits per heavy atom. The largest absolute Gasteiger partial charge is 0.314 e. The normalized spacial score (nSPS) is 17.4. The second-order valence-electron chi connectivity index (χ2n) is 5.51. The lowest BCUT2D eigenvalue weighted by Crippen LogP contribution is -2.35. The maximum atomic E-state index is 5.93. The van der Waals surface area contributed by atoms with Crippen LogP contribution in [0.4, 0.5) is 0 Å². The number of halogens is 1. The summed E-state index contributed by atoms with van der Waals surface area (Å²) in [4.78, 5) is 0. The Labute approximate surface area is 116 Å². The van der Waals surface area contributed by atoms with Crippen LogP contribution < -0.4 is 5.32 Å². The fourth-order valence-electron chi connectivity index (χ4n) is 2.62. The molecule has 1 nitrogen and oxygen atoms in total. The van der Waals surface area contributed by atoms with Crippen LogP contribution in [0.1, 0.15) is 44.6 Å². The first-order valence-electron chi connectivity index (χ1n) is 7.25. The third-order valence-corrected chi connectivity index (χ3v) is 4.17. The summed E-state index contributed by atoms with van der Waals surface area (Å²) in [5.41, 5.74) is 1.40. The maximum Gasteiger partial charge on any atom is 0.0406 e. The predicted molar refractivity (Wildman–Crippen MR) is 79.2 cm³/mol. The topological polar surface area (TPSA) is 12.0 Å². The first kappa shape index (κ1) is 13.9. The van der Waals surface area contributed by atoms with Crippen molar-refractivity contribution < 1.29 is 0 Å². The molecule has 1 aromatic rings. The molecule has 1 N–H and O–H groups in total. The van der Waals surface area contributed by atoms with E-state index in [1.54, 1.807) is 0 Å². The fraction of sp³-hybridized carbons (Fsp3) is 0.625. The van der Waals surface area contributed by atoms with Crippen LogP contribution in [0.15, 0.2) is 24.3 Å². The number of hydrogen-bond acceptors (Lipinski definition) is 1. The molecule has 18 heavy (non-hydrogen) atoms. The molecule has 1 unspecified atom stereocenters. The Morgan fingerprint density at radius 1 is 1.28 bits per heavy atom. The molecule has 0 aromatic heterocycles. The Hall–Kier alpha value is -0.530. The van der Waals surface area contributed by atoms with Crippen molar-refractivity contribution in [3.63, 3.8) is 0 Å². The second kappa shape index (κ2) is 7.16. The molecule has 100 valence electrons. The van der Waals surface area contributed by atoms with Gasteiger partial charge in [-0.15, -0.1) is 0 Å². The lowest BCUT2D eigenvalue weighted by atomic mass is 9.80. The van der Waals surface area contributed by atoms with Gasteiger partial charge in [0.1, 0.15) is 0 Å². The Morgan fingerprint density at radius 3 is 2.56 bits per heavy atom. The summed E-state index contributed by atoms with van der Waals surface area (Å²) in [7, 11) is 0. The van der Waals surface area contributed by atoms with Crippen LogP contribution >= 0.6 is 11.6 Å². The predicted octanol–water partition coefficient (Wildman–Crippen LogP) is 4.44. The summed E-state index contributed by atoms with van der Waals surface area (Å²) in [6.45, 7) is 3.36. The van der Waals surface area contributed by atoms with Crippen LogP contribution in [-0.2, 0) is 6.42 Å². The molecule has 0 heterocycles. The Bertz CT molecular complexity index is 343. The van der Waals surface area contributed by atoms with Gasteiger partial charge in [-0.3, -0.25) is 0 Å². The van der Waals surface area contributed by atoms with Crippen molar-refractivity contribution in [3.05, 3.63) is 34.9 Å². The highest BCUT2D eigenvalue weighted by Crippen LogP contribution is 2.31. The van der Waals surface area contributed by atoms with Crippen LogP contribution in [0.5, 0.6) is 0 Å². The van der Waals surface area contributed by atoms with Crippen molar-refractivity contribution in [3.8, 4) is 0 Å². The molecule has 0 spiro atoms. The number of rotatable bonds is 7. The quantitative estimate of drug-likeness (QED) is 0.769. The van der Waals surface area contributed by atoms with E-state index in [2.05, 4.69) is 24.4 Å². The van der Waals surface area contributed by atoms with E-state index in [1.807, 2.05) is 12.1 Å². The zero-order valence-electron chi connectivity index (χ0n) is 11.3. The molecule has 0 amide bonds. The molecular weight excluding hydrogens is 242 g/mol. The average Bonchev–Trinajstić information content (AvgIpc) is 2.33. The number of hydrogen-bond donors (Lipinski definition) is 1. The molecule has 0 bridgehead atoms. The standard InChI is InChI=1S/C16H24ClN/c1-2-10-18-16(11-13-4-3-5-13)12-14-6-8-15(17)9-7-14/h6-9,13,16,18H,2-5,10-12H2,1H3. The highest BCUT2D eigenvalue weighted by molar-refractivity contribution is 6.30. The van der Waals surface area contributed by atoms with Gasteiger partial charge in [-0.05, 0) is 49.4 Å². The Balaban J connectivity index is 1.88. The third kappa shape index (κ3) is 4.29. The SMILES string of the molecule is CCCNC(Cc1ccc(Cl)cc1)CC1CCC1. The lowest BCUT2D eigenvalue weighted by Gasteiger charge is -2.30. The molecular formula is C16H24ClN. The van der Waals surface area contributed by atoms with E-state index in [0.717, 1.165) is 23.9 Å². The smallest absolute Gasteiger partial charge is 0.0406 e. The van der Waals surface area contributed by atoms with E-state index in [4.69, 9.17) is 11.6 Å². The molecule has 1 aliphatic rings. The zero-order valence-corrected chi connectivity index (χ0v) is 12.0. The molecule has 1 fully saturated rings. The molecule has 1 aromatic carbocycles. The van der Waals surface area contributed by atoms with E-state index in [-0.39, 0.29) is 0 Å². The van der Waals surface area contributed by atoms with Crippen molar-refractivity contribution in [2.24, 2.45) is 5.92 Å². The minimum absolute atomic E-state index is 0.636. The van der Waals surface area contributed by atoms with Crippen LogP contribution in [0.3, 0.4) is 0 Å². The Kier molecular flexibility index (Phi) is 5.52. The van der Waals surface area contributed by atoms with E-state index >= 15 is 0 Å². The second-order valence-corrected chi connectivity index (χ2v) is 5.95. The molecule has 1 atom stereocenters. The number of benzene rings is 1. The van der Waals surface area contributed by atoms with Gasteiger partial charge in [0.15, 0.2) is 0 Å². The molecule has 2 heteroatoms. The van der Waals surface area contributed by atoms with Crippen molar-refractivity contribution in [1.29, 1.82) is 0 Å². The van der Waals surface area contributed by atoms with Crippen molar-refractivity contribution in [1.82, 2.24) is 5.32 Å². The molecule has 2 rings (SSSR count). The van der Waals surface area contributed by atoms with E-state index in [0.29, 0.717) is 6.04 Å². The molecule has 1 saturated carbocycles. The fourth-order valence-corrected chi connectivity index (χ4v) is 2.75. The van der Waals surface area contributed by atoms with Crippen LogP contribution in [0.25, 0.3) is 0 Å². The molecule has 0 saturated heterocycles. The average molecular weight is 266 g/mol. The van der Waals surface area contributed by atoms with Gasteiger partial charge in [-0.25, -0.2) is 0 Å². The van der Waals surface area contributed by atoms with Gasteiger partial charge in [0.25, 0.3) is 0 Å². The minimum atomic E-state index is 0.636. The lowest BCUT2D eigenvalue weighted by molar-refractivity contribution is 0.259. The van der Waals surface area contributed by atoms with Crippen LogP contribution in [-0.4, -0.2) is 12.6 Å². The summed E-state index contributed by atoms with van der Waals surface area (Å²) in [5, 5.41) is 4.53. The van der Waals surface area contributed by atoms with Gasteiger partial charge in [0.2, 0.25) is 0 Å². The number of nitrogens with one attached hydrogen (secondary N) is 1. The van der Waals surface area contributed by atoms with Gasteiger partial charge in [0, 0.05) is 11.1 Å². The molecule has 0 aliphatic heterocycles. The zero-order chi connectivity index (χ0) is 12.8. The van der Waals surface area contributed by atoms with Crippen molar-refractivity contribution in [2.75, 3.05) is 6.54 Å². The van der Waals surface area contributed by atoms with E-state index in [9.17, 15) is 0 Å². The van der Waals surface area contributed by atoms with Crippen molar-refractivity contribution >= 4 is 11.6 Å². The summed E-state index contributed by atoms with van der Waals surface area (Å²) >= 11 is 5.93. The maximum absolute atomic E-state index is 5.93. The summed E-state index contributed by atoms with van der Waals surface area (Å²) in [6, 6.07) is 8.94. The minimum Gasteiger partial charge on any atom is -0.314 e. The molecule has 1 aliphatic carbocycles. The van der Waals surface area contributed by atoms with Gasteiger partial charge in [-0.1, -0.05) is 49.9 Å². The monoisotopic (exact) mass is 265 g/mol. The van der Waals surface area contributed by atoms with Gasteiger partial charge in [-0.2, -0.15) is 0 Å². The third-order valence-electron chi connectivity index (χ3n) is 3.92. The summed E-state index contributed by atoms with van der Waals surface area (Å²) in [6.07, 6.45) is 7.99. The highest BCUT2D eigenvalue weighted by Gasteiger charge is 2.21. The summed E-state index contributed by atoms with van der Waals surface area (Å²) in [5.74, 6) is 0.964. The first-order chi connectivity index (χ1) is 8.78. The van der Waals surface area contributed by atoms with Crippen LogP contribution in [0, 0.1) is 5.92 Å². The van der Waals surface area contributed by atoms with Gasteiger partial charge >= 0.3 is 0 Å². The summed E-state index contributed by atoms with van der Waals surface area (Å²) < 4.78 is 0. The van der Waals surface area contributed by atoms with Crippen LogP contribution in [0.2, 0.25) is 5.02 Å². The van der Waals surface area contributed by atoms with Crippen molar-refractivity contribution in [2.45, 2.75) is 51.5 Å². The molecule has 0 radical (unpaired) electrons.